The second kappa shape index (κ2) is 16.5. The third kappa shape index (κ3) is 12.3. The summed E-state index contributed by atoms with van der Waals surface area (Å²) in [5.41, 5.74) is 6.35. The van der Waals surface area contributed by atoms with Crippen LogP contribution in [0.25, 0.3) is 0 Å². The van der Waals surface area contributed by atoms with E-state index in [1.54, 1.807) is 12.1 Å². The van der Waals surface area contributed by atoms with E-state index in [-0.39, 0.29) is 43.8 Å². The van der Waals surface area contributed by atoms with E-state index in [1.165, 1.54) is 23.9 Å². The van der Waals surface area contributed by atoms with Crippen molar-refractivity contribution in [3.63, 3.8) is 0 Å². The van der Waals surface area contributed by atoms with Crippen LogP contribution >= 0.6 is 11.8 Å². The molecule has 0 heterocycles. The van der Waals surface area contributed by atoms with Gasteiger partial charge in [-0.3, -0.25) is 19.2 Å². The molecule has 0 radical (unpaired) electrons. The maximum Gasteiger partial charge on any atom is 0.326 e. The number of nitrogens with two attached hydrogens (primary N) is 1. The van der Waals surface area contributed by atoms with Crippen LogP contribution in [0.1, 0.15) is 45.1 Å². The number of aromatic hydroxyl groups is 1. The van der Waals surface area contributed by atoms with Gasteiger partial charge in [-0.1, -0.05) is 26.0 Å². The number of aliphatic carboxylic acids is 2. The van der Waals surface area contributed by atoms with Crippen molar-refractivity contribution in [2.24, 2.45) is 11.7 Å². The molecule has 0 aliphatic carbocycles. The summed E-state index contributed by atoms with van der Waals surface area (Å²) in [7, 11) is 0. The molecule has 0 fully saturated rings. The molecule has 12 nitrogen and oxygen atoms in total. The molecule has 0 aliphatic rings. The molecule has 0 aliphatic heterocycles. The van der Waals surface area contributed by atoms with E-state index < -0.39 is 53.8 Å². The number of carboxylic acid groups (broad SMARTS) is 2. The van der Waals surface area contributed by atoms with Gasteiger partial charge < -0.3 is 37.0 Å². The van der Waals surface area contributed by atoms with Crippen molar-refractivity contribution >= 4 is 41.4 Å². The third-order valence-corrected chi connectivity index (χ3v) is 6.22. The molecule has 3 amide bonds. The summed E-state index contributed by atoms with van der Waals surface area (Å²) in [6, 6.07) is 1.41. The Morgan fingerprint density at radius 3 is 1.95 bits per heavy atom. The fraction of sp³-hybridized carbons (Fsp3) is 0.560. The lowest BCUT2D eigenvalue weighted by Gasteiger charge is -2.26. The molecule has 0 saturated heterocycles. The predicted molar refractivity (Wildman–Crippen MR) is 143 cm³/mol. The predicted octanol–water partition coefficient (Wildman–Crippen LogP) is 0.465. The van der Waals surface area contributed by atoms with Crippen molar-refractivity contribution in [1.82, 2.24) is 16.0 Å². The van der Waals surface area contributed by atoms with E-state index in [2.05, 4.69) is 16.0 Å². The van der Waals surface area contributed by atoms with Crippen LogP contribution in [-0.2, 0) is 30.4 Å². The average molecular weight is 555 g/mol. The lowest BCUT2D eigenvalue weighted by molar-refractivity contribution is -0.142. The van der Waals surface area contributed by atoms with Crippen LogP contribution < -0.4 is 21.7 Å². The maximum atomic E-state index is 13.1. The first-order chi connectivity index (χ1) is 17.8. The molecule has 1 aromatic carbocycles. The standard InChI is InChI=1S/C25H38N4O8S/c1-14(2)12-19(24(35)29-20(25(36)37)13-15-4-6-16(30)7-5-15)28-23(34)18(10-11-38-3)27-22(33)17(26)8-9-21(31)32/h4-7,14,17-20,30H,8-13,26H2,1-3H3,(H,27,33)(H,28,34)(H,29,35)(H,31,32)(H,36,37). The van der Waals surface area contributed by atoms with Crippen molar-refractivity contribution in [2.75, 3.05) is 12.0 Å². The Morgan fingerprint density at radius 1 is 0.868 bits per heavy atom. The Hall–Kier alpha value is -3.32. The van der Waals surface area contributed by atoms with E-state index in [9.17, 15) is 34.2 Å². The lowest BCUT2D eigenvalue weighted by atomic mass is 10.0. The topological polar surface area (TPSA) is 208 Å². The normalized spacial score (nSPS) is 14.1. The monoisotopic (exact) mass is 554 g/mol. The first-order valence-electron chi connectivity index (χ1n) is 12.2. The molecule has 0 spiro atoms. The highest BCUT2D eigenvalue weighted by Gasteiger charge is 2.30. The number of hydrogen-bond donors (Lipinski definition) is 7. The first kappa shape index (κ1) is 32.7. The van der Waals surface area contributed by atoms with Crippen LogP contribution in [0, 0.1) is 5.92 Å². The molecule has 1 rings (SSSR count). The van der Waals surface area contributed by atoms with Gasteiger partial charge in [0.1, 0.15) is 23.9 Å². The van der Waals surface area contributed by atoms with Crippen molar-refractivity contribution in [1.29, 1.82) is 0 Å². The van der Waals surface area contributed by atoms with Gasteiger partial charge in [-0.15, -0.1) is 0 Å². The fourth-order valence-electron chi connectivity index (χ4n) is 3.51. The molecular weight excluding hydrogens is 516 g/mol. The number of amides is 3. The molecule has 1 aromatic rings. The van der Waals surface area contributed by atoms with Crippen LogP contribution in [0.4, 0.5) is 0 Å². The number of nitrogens with one attached hydrogen (secondary N) is 3. The van der Waals surface area contributed by atoms with Crippen molar-refractivity contribution in [3.8, 4) is 5.75 Å². The molecule has 38 heavy (non-hydrogen) atoms. The Bertz CT molecular complexity index is 957. The minimum absolute atomic E-state index is 0.0235. The Labute approximate surface area is 226 Å². The van der Waals surface area contributed by atoms with Crippen LogP contribution in [-0.4, -0.2) is 81.2 Å². The van der Waals surface area contributed by atoms with Crippen LogP contribution in [0.15, 0.2) is 24.3 Å². The molecule has 0 saturated carbocycles. The molecule has 8 N–H and O–H groups in total. The minimum atomic E-state index is -1.28. The zero-order valence-corrected chi connectivity index (χ0v) is 22.6. The molecule has 0 bridgehead atoms. The molecule has 4 atom stereocenters. The van der Waals surface area contributed by atoms with E-state index in [0.717, 1.165) is 0 Å². The van der Waals surface area contributed by atoms with E-state index in [0.29, 0.717) is 11.3 Å². The Kier molecular flexibility index (Phi) is 14.2. The van der Waals surface area contributed by atoms with Crippen molar-refractivity contribution < 1.29 is 39.3 Å². The third-order valence-electron chi connectivity index (χ3n) is 5.58. The summed E-state index contributed by atoms with van der Waals surface area (Å²) < 4.78 is 0. The second-order valence-electron chi connectivity index (χ2n) is 9.34. The maximum absolute atomic E-state index is 13.1. The van der Waals surface area contributed by atoms with Gasteiger partial charge in [0.05, 0.1) is 6.04 Å². The summed E-state index contributed by atoms with van der Waals surface area (Å²) in [5.74, 6) is -3.87. The minimum Gasteiger partial charge on any atom is -0.508 e. The van der Waals surface area contributed by atoms with Gasteiger partial charge in [0.2, 0.25) is 17.7 Å². The van der Waals surface area contributed by atoms with Gasteiger partial charge in [-0.25, -0.2) is 4.79 Å². The molecule has 13 heteroatoms. The summed E-state index contributed by atoms with van der Waals surface area (Å²) in [6.45, 7) is 3.68. The van der Waals surface area contributed by atoms with Gasteiger partial charge in [-0.05, 0) is 54.9 Å². The number of carboxylic acids is 2. The molecule has 0 aromatic heterocycles. The molecular formula is C25H38N4O8S. The second-order valence-corrected chi connectivity index (χ2v) is 10.3. The summed E-state index contributed by atoms with van der Waals surface area (Å²) in [5, 5.41) is 35.5. The van der Waals surface area contributed by atoms with Gasteiger partial charge in [0.25, 0.3) is 0 Å². The van der Waals surface area contributed by atoms with Gasteiger partial charge in [0.15, 0.2) is 0 Å². The fourth-order valence-corrected chi connectivity index (χ4v) is 3.98. The molecule has 4 unspecified atom stereocenters. The van der Waals surface area contributed by atoms with E-state index in [1.807, 2.05) is 20.1 Å². The Morgan fingerprint density at radius 2 is 1.42 bits per heavy atom. The number of thioether (sulfide) groups is 1. The highest BCUT2D eigenvalue weighted by atomic mass is 32.2. The number of hydrogen-bond acceptors (Lipinski definition) is 8. The van der Waals surface area contributed by atoms with Crippen LogP contribution in [0.5, 0.6) is 5.75 Å². The number of carbonyl (C=O) groups is 5. The van der Waals surface area contributed by atoms with Crippen LogP contribution in [0.2, 0.25) is 0 Å². The lowest BCUT2D eigenvalue weighted by Crippen LogP contribution is -2.57. The number of phenolic OH excluding ortho intramolecular Hbond substituents is 1. The van der Waals surface area contributed by atoms with E-state index in [4.69, 9.17) is 10.8 Å². The molecule has 212 valence electrons. The quantitative estimate of drug-likeness (QED) is 0.141. The van der Waals surface area contributed by atoms with E-state index >= 15 is 0 Å². The number of carbonyl (C=O) groups excluding carboxylic acids is 3. The highest BCUT2D eigenvalue weighted by Crippen LogP contribution is 2.13. The van der Waals surface area contributed by atoms with Crippen molar-refractivity contribution in [3.05, 3.63) is 29.8 Å². The highest BCUT2D eigenvalue weighted by molar-refractivity contribution is 7.98. The number of rotatable bonds is 17. The average Bonchev–Trinajstić information content (AvgIpc) is 2.84. The van der Waals surface area contributed by atoms with Gasteiger partial charge in [-0.2, -0.15) is 11.8 Å². The smallest absolute Gasteiger partial charge is 0.326 e. The van der Waals surface area contributed by atoms with Crippen molar-refractivity contribution in [2.45, 2.75) is 70.1 Å². The van der Waals surface area contributed by atoms with Gasteiger partial charge >= 0.3 is 11.9 Å². The van der Waals surface area contributed by atoms with Crippen LogP contribution in [0.3, 0.4) is 0 Å². The number of benzene rings is 1. The zero-order chi connectivity index (χ0) is 28.8. The summed E-state index contributed by atoms with van der Waals surface area (Å²) in [6.07, 6.45) is 1.83. The zero-order valence-electron chi connectivity index (χ0n) is 21.8. The summed E-state index contributed by atoms with van der Waals surface area (Å²) in [4.78, 5) is 61.3. The SMILES string of the molecule is CSCCC(NC(=O)C(N)CCC(=O)O)C(=O)NC(CC(C)C)C(=O)NC(Cc1ccc(O)cc1)C(=O)O. The number of phenols is 1. The Balaban J connectivity index is 2.98. The first-order valence-corrected chi connectivity index (χ1v) is 13.6. The summed E-state index contributed by atoms with van der Waals surface area (Å²) >= 11 is 1.45. The van der Waals surface area contributed by atoms with Gasteiger partial charge in [0, 0.05) is 12.8 Å². The largest absolute Gasteiger partial charge is 0.508 e.